The zero-order chi connectivity index (χ0) is 23.8. The maximum atomic E-state index is 13.8. The van der Waals surface area contributed by atoms with Gasteiger partial charge in [-0.2, -0.15) is 5.10 Å². The Morgan fingerprint density at radius 1 is 1.15 bits per heavy atom. The van der Waals surface area contributed by atoms with Crippen LogP contribution in [0.15, 0.2) is 42.6 Å². The van der Waals surface area contributed by atoms with Crippen molar-refractivity contribution in [2.24, 2.45) is 0 Å². The molecule has 3 aromatic rings. The zero-order valence-corrected chi connectivity index (χ0v) is 19.9. The molecule has 176 valence electrons. The molecule has 33 heavy (non-hydrogen) atoms. The Morgan fingerprint density at radius 2 is 1.97 bits per heavy atom. The standard InChI is InChI=1S/C26H33FN4O2/c1-18(2)24-16-23(20-9-10-22(27)25(15-20)33-4)30-31(24)17-26(32)29-12-7-5-6-8-21-14-19(3)11-13-28-21/h9-11,13-16,18H,5-8,12,17H2,1-4H3,(H,29,32). The van der Waals surface area contributed by atoms with E-state index in [1.165, 1.54) is 18.7 Å². The average molecular weight is 453 g/mol. The highest BCUT2D eigenvalue weighted by Crippen LogP contribution is 2.28. The van der Waals surface area contributed by atoms with Gasteiger partial charge in [0.05, 0.1) is 12.8 Å². The van der Waals surface area contributed by atoms with Crippen molar-refractivity contribution < 1.29 is 13.9 Å². The van der Waals surface area contributed by atoms with Crippen LogP contribution in [0.4, 0.5) is 4.39 Å². The van der Waals surface area contributed by atoms with Crippen LogP contribution in [-0.4, -0.2) is 34.3 Å². The van der Waals surface area contributed by atoms with Gasteiger partial charge < -0.3 is 10.1 Å². The minimum Gasteiger partial charge on any atom is -0.494 e. The van der Waals surface area contributed by atoms with Gasteiger partial charge in [-0.3, -0.25) is 14.5 Å². The number of carbonyl (C=O) groups is 1. The molecule has 0 radical (unpaired) electrons. The third-order valence-corrected chi connectivity index (χ3v) is 5.55. The lowest BCUT2D eigenvalue weighted by molar-refractivity contribution is -0.121. The van der Waals surface area contributed by atoms with E-state index < -0.39 is 5.82 Å². The number of hydrogen-bond donors (Lipinski definition) is 1. The largest absolute Gasteiger partial charge is 0.494 e. The summed E-state index contributed by atoms with van der Waals surface area (Å²) in [6, 6.07) is 10.7. The zero-order valence-electron chi connectivity index (χ0n) is 19.9. The Bertz CT molecular complexity index is 1080. The number of hydrogen-bond acceptors (Lipinski definition) is 4. The molecule has 1 amide bonds. The second kappa shape index (κ2) is 11.6. The van der Waals surface area contributed by atoms with Crippen molar-refractivity contribution >= 4 is 5.91 Å². The maximum absolute atomic E-state index is 13.8. The van der Waals surface area contributed by atoms with Gasteiger partial charge in [0.1, 0.15) is 6.54 Å². The molecule has 0 fully saturated rings. The van der Waals surface area contributed by atoms with Crippen LogP contribution in [0.25, 0.3) is 11.3 Å². The van der Waals surface area contributed by atoms with Crippen LogP contribution in [-0.2, 0) is 17.8 Å². The molecule has 0 atom stereocenters. The molecule has 2 aromatic heterocycles. The van der Waals surface area contributed by atoms with E-state index in [9.17, 15) is 9.18 Å². The lowest BCUT2D eigenvalue weighted by Crippen LogP contribution is -2.29. The molecule has 2 heterocycles. The van der Waals surface area contributed by atoms with E-state index in [-0.39, 0.29) is 24.1 Å². The Kier molecular flexibility index (Phi) is 8.58. The number of ether oxygens (including phenoxy) is 1. The summed E-state index contributed by atoms with van der Waals surface area (Å²) in [6.07, 6.45) is 5.81. The molecule has 0 saturated carbocycles. The number of pyridine rings is 1. The van der Waals surface area contributed by atoms with Crippen molar-refractivity contribution in [3.8, 4) is 17.0 Å². The van der Waals surface area contributed by atoms with E-state index in [0.717, 1.165) is 42.6 Å². The average Bonchev–Trinajstić information content (AvgIpc) is 3.20. The van der Waals surface area contributed by atoms with Gasteiger partial charge in [0, 0.05) is 29.7 Å². The molecule has 7 heteroatoms. The fourth-order valence-corrected chi connectivity index (χ4v) is 3.75. The Hall–Kier alpha value is -3.22. The SMILES string of the molecule is COc1cc(-c2cc(C(C)C)n(CC(=O)NCCCCCc3cc(C)ccn3)n2)ccc1F. The summed E-state index contributed by atoms with van der Waals surface area (Å²) in [5, 5.41) is 7.61. The summed E-state index contributed by atoms with van der Waals surface area (Å²) in [4.78, 5) is 16.9. The Morgan fingerprint density at radius 3 is 2.70 bits per heavy atom. The van der Waals surface area contributed by atoms with Gasteiger partial charge in [0.15, 0.2) is 11.6 Å². The molecular weight excluding hydrogens is 419 g/mol. The Balaban J connectivity index is 1.51. The second-order valence-corrected chi connectivity index (χ2v) is 8.60. The number of nitrogens with zero attached hydrogens (tertiary/aromatic N) is 3. The third kappa shape index (κ3) is 6.88. The van der Waals surface area contributed by atoms with Gasteiger partial charge in [-0.1, -0.05) is 20.3 Å². The van der Waals surface area contributed by atoms with E-state index in [2.05, 4.69) is 42.2 Å². The molecule has 0 aliphatic rings. The number of methoxy groups -OCH3 is 1. The van der Waals surface area contributed by atoms with Gasteiger partial charge >= 0.3 is 0 Å². The summed E-state index contributed by atoms with van der Waals surface area (Å²) in [5.74, 6) is -0.122. The number of rotatable bonds is 11. The summed E-state index contributed by atoms with van der Waals surface area (Å²) < 4.78 is 20.6. The number of nitrogens with one attached hydrogen (secondary N) is 1. The van der Waals surface area contributed by atoms with Gasteiger partial charge in [-0.15, -0.1) is 0 Å². The predicted molar refractivity (Wildman–Crippen MR) is 128 cm³/mol. The van der Waals surface area contributed by atoms with Crippen molar-refractivity contribution in [1.82, 2.24) is 20.1 Å². The highest BCUT2D eigenvalue weighted by atomic mass is 19.1. The molecular formula is C26H33FN4O2. The van der Waals surface area contributed by atoms with Gasteiger partial charge in [-0.25, -0.2) is 4.39 Å². The van der Waals surface area contributed by atoms with Crippen LogP contribution < -0.4 is 10.1 Å². The maximum Gasteiger partial charge on any atom is 0.241 e. The smallest absolute Gasteiger partial charge is 0.241 e. The van der Waals surface area contributed by atoms with Crippen molar-refractivity contribution in [3.63, 3.8) is 0 Å². The van der Waals surface area contributed by atoms with Crippen LogP contribution >= 0.6 is 0 Å². The minimum atomic E-state index is -0.417. The minimum absolute atomic E-state index is 0.0661. The second-order valence-electron chi connectivity index (χ2n) is 8.60. The lowest BCUT2D eigenvalue weighted by atomic mass is 10.1. The number of carbonyl (C=O) groups excluding carboxylic acids is 1. The normalized spacial score (nSPS) is 11.1. The number of amides is 1. The quantitative estimate of drug-likeness (QED) is 0.413. The fraction of sp³-hybridized carbons (Fsp3) is 0.423. The molecule has 6 nitrogen and oxygen atoms in total. The number of aromatic nitrogens is 3. The van der Waals surface area contributed by atoms with Crippen molar-refractivity contribution in [1.29, 1.82) is 0 Å². The van der Waals surface area contributed by atoms with Crippen LogP contribution in [0.2, 0.25) is 0 Å². The molecule has 0 aliphatic carbocycles. The molecule has 1 aromatic carbocycles. The molecule has 3 rings (SSSR count). The monoisotopic (exact) mass is 452 g/mol. The first-order valence-electron chi connectivity index (χ1n) is 11.5. The van der Waals surface area contributed by atoms with Crippen LogP contribution in [0.1, 0.15) is 56.0 Å². The van der Waals surface area contributed by atoms with E-state index in [4.69, 9.17) is 4.74 Å². The topological polar surface area (TPSA) is 69.0 Å². The molecule has 0 bridgehead atoms. The number of halogens is 1. The first kappa shape index (κ1) is 24.4. The number of aryl methyl sites for hydroxylation is 2. The third-order valence-electron chi connectivity index (χ3n) is 5.55. The summed E-state index contributed by atoms with van der Waals surface area (Å²) >= 11 is 0. The van der Waals surface area contributed by atoms with E-state index in [1.54, 1.807) is 16.8 Å². The van der Waals surface area contributed by atoms with Crippen molar-refractivity contribution in [2.75, 3.05) is 13.7 Å². The van der Waals surface area contributed by atoms with Gasteiger partial charge in [0.2, 0.25) is 5.91 Å². The first-order valence-corrected chi connectivity index (χ1v) is 11.5. The number of benzene rings is 1. The molecule has 0 saturated heterocycles. The summed E-state index contributed by atoms with van der Waals surface area (Å²) in [7, 11) is 1.43. The first-order chi connectivity index (χ1) is 15.9. The van der Waals surface area contributed by atoms with E-state index in [0.29, 0.717) is 12.2 Å². The van der Waals surface area contributed by atoms with Gasteiger partial charge in [0.25, 0.3) is 0 Å². The molecule has 0 aliphatic heterocycles. The highest BCUT2D eigenvalue weighted by molar-refractivity contribution is 5.76. The van der Waals surface area contributed by atoms with E-state index in [1.807, 2.05) is 18.3 Å². The lowest BCUT2D eigenvalue weighted by Gasteiger charge is -2.10. The molecule has 0 unspecified atom stereocenters. The Labute approximate surface area is 195 Å². The summed E-state index contributed by atoms with van der Waals surface area (Å²) in [6.45, 7) is 6.98. The van der Waals surface area contributed by atoms with Crippen LogP contribution in [0.3, 0.4) is 0 Å². The fourth-order valence-electron chi connectivity index (χ4n) is 3.75. The van der Waals surface area contributed by atoms with Crippen LogP contribution in [0, 0.1) is 12.7 Å². The van der Waals surface area contributed by atoms with Gasteiger partial charge in [-0.05, 0) is 74.1 Å². The summed E-state index contributed by atoms with van der Waals surface area (Å²) in [5.41, 5.74) is 4.74. The van der Waals surface area contributed by atoms with Crippen molar-refractivity contribution in [2.45, 2.75) is 58.9 Å². The van der Waals surface area contributed by atoms with E-state index >= 15 is 0 Å². The molecule has 0 spiro atoms. The number of unbranched alkanes of at least 4 members (excludes halogenated alkanes) is 2. The highest BCUT2D eigenvalue weighted by Gasteiger charge is 2.16. The van der Waals surface area contributed by atoms with Crippen LogP contribution in [0.5, 0.6) is 5.75 Å². The molecule has 1 N–H and O–H groups in total. The predicted octanol–water partition coefficient (Wildman–Crippen LogP) is 5.05. The van der Waals surface area contributed by atoms with Crippen molar-refractivity contribution in [3.05, 3.63) is 65.4 Å².